The molecule has 0 bridgehead atoms. The Labute approximate surface area is 140 Å². The molecule has 0 nitrogen and oxygen atoms in total. The maximum atomic E-state index is 3.72. The van der Waals surface area contributed by atoms with Gasteiger partial charge in [-0.15, -0.1) is 0 Å². The van der Waals surface area contributed by atoms with Gasteiger partial charge in [-0.1, -0.05) is 47.1 Å². The first-order chi connectivity index (χ1) is 10.7. The number of benzene rings is 2. The maximum Gasteiger partial charge on any atom is 0.0178 e. The van der Waals surface area contributed by atoms with E-state index < -0.39 is 0 Å². The van der Waals surface area contributed by atoms with Gasteiger partial charge < -0.3 is 0 Å². The monoisotopic (exact) mass is 350 g/mol. The quantitative estimate of drug-likeness (QED) is 0.613. The first-order valence-electron chi connectivity index (χ1n) is 8.64. The van der Waals surface area contributed by atoms with Gasteiger partial charge >= 0.3 is 0 Å². The molecule has 3 atom stereocenters. The van der Waals surface area contributed by atoms with Crippen molar-refractivity contribution < 1.29 is 0 Å². The molecule has 0 heterocycles. The van der Waals surface area contributed by atoms with Crippen LogP contribution in [0, 0.1) is 5.41 Å². The largest absolute Gasteiger partial charge is 0.0613 e. The van der Waals surface area contributed by atoms with Gasteiger partial charge in [0, 0.05) is 15.3 Å². The molecule has 4 aliphatic rings. The van der Waals surface area contributed by atoms with E-state index in [2.05, 4.69) is 59.3 Å². The molecule has 3 spiro atoms. The Hall–Kier alpha value is -1.08. The second-order valence-electron chi connectivity index (χ2n) is 7.82. The normalized spacial score (nSPS) is 38.5. The Kier molecular flexibility index (Phi) is 1.90. The summed E-state index contributed by atoms with van der Waals surface area (Å²) in [5.74, 6) is 0. The van der Waals surface area contributed by atoms with Crippen molar-refractivity contribution in [3.8, 4) is 11.1 Å². The summed E-state index contributed by atoms with van der Waals surface area (Å²) >= 11 is 3.72. The highest BCUT2D eigenvalue weighted by molar-refractivity contribution is 9.10. The molecule has 6 rings (SSSR count). The Morgan fingerprint density at radius 3 is 2.09 bits per heavy atom. The van der Waals surface area contributed by atoms with E-state index >= 15 is 0 Å². The second kappa shape index (κ2) is 3.38. The summed E-state index contributed by atoms with van der Waals surface area (Å²) in [5.41, 5.74) is 9.55. The lowest BCUT2D eigenvalue weighted by Crippen LogP contribution is -2.30. The van der Waals surface area contributed by atoms with E-state index in [1.54, 1.807) is 11.1 Å². The molecule has 3 fully saturated rings. The minimum Gasteiger partial charge on any atom is -0.0613 e. The highest BCUT2D eigenvalue weighted by atomic mass is 79.9. The minimum atomic E-state index is 0.498. The number of rotatable bonds is 1. The third kappa shape index (κ3) is 0.905. The van der Waals surface area contributed by atoms with E-state index in [4.69, 9.17) is 0 Å². The summed E-state index contributed by atoms with van der Waals surface area (Å²) in [6.07, 6.45) is 6.88. The zero-order chi connectivity index (χ0) is 14.7. The van der Waals surface area contributed by atoms with E-state index in [-0.39, 0.29) is 0 Å². The van der Waals surface area contributed by atoms with Gasteiger partial charge in [-0.25, -0.2) is 0 Å². The molecule has 1 heteroatoms. The third-order valence-electron chi connectivity index (χ3n) is 7.84. The van der Waals surface area contributed by atoms with Gasteiger partial charge in [0.2, 0.25) is 0 Å². The van der Waals surface area contributed by atoms with Crippen LogP contribution in [0.5, 0.6) is 0 Å². The number of hydrogen-bond donors (Lipinski definition) is 0. The Balaban J connectivity index is 1.74. The lowest BCUT2D eigenvalue weighted by atomic mass is 9.66. The zero-order valence-corrected chi connectivity index (χ0v) is 14.5. The van der Waals surface area contributed by atoms with E-state index in [0.29, 0.717) is 16.2 Å². The van der Waals surface area contributed by atoms with Gasteiger partial charge in [0.25, 0.3) is 0 Å². The van der Waals surface area contributed by atoms with Crippen LogP contribution in [-0.2, 0) is 17.3 Å². The van der Waals surface area contributed by atoms with Crippen LogP contribution in [0.15, 0.2) is 40.9 Å². The number of aryl methyl sites for hydroxylation is 1. The molecule has 4 aliphatic carbocycles. The highest BCUT2D eigenvalue weighted by Crippen LogP contribution is 2.99. The summed E-state index contributed by atoms with van der Waals surface area (Å²) in [5, 5.41) is 0. The predicted molar refractivity (Wildman–Crippen MR) is 93.2 cm³/mol. The van der Waals surface area contributed by atoms with Crippen LogP contribution in [0.2, 0.25) is 0 Å². The Bertz CT molecular complexity index is 862. The molecule has 3 saturated carbocycles. The molecule has 110 valence electrons. The standard InChI is InChI=1S/C21H19Br/c1-2-13-3-5-15-16-6-4-14(22)12-18(16)21-10-8-19(21)7-9-20(19,21)17(15)11-13/h3-6,11-12H,2,7-10H2,1H3/t19?,20-,21?/m0/s1. The number of hydrogen-bond acceptors (Lipinski definition) is 0. The van der Waals surface area contributed by atoms with Gasteiger partial charge in [-0.05, 0) is 77.5 Å². The summed E-state index contributed by atoms with van der Waals surface area (Å²) in [7, 11) is 0. The molecule has 0 aliphatic heterocycles. The van der Waals surface area contributed by atoms with Gasteiger partial charge in [-0.3, -0.25) is 0 Å². The minimum absolute atomic E-state index is 0.498. The highest BCUT2D eigenvalue weighted by Gasteiger charge is 2.96. The third-order valence-corrected chi connectivity index (χ3v) is 8.33. The topological polar surface area (TPSA) is 0 Å². The van der Waals surface area contributed by atoms with Gasteiger partial charge in [-0.2, -0.15) is 0 Å². The predicted octanol–water partition coefficient (Wildman–Crippen LogP) is 5.76. The van der Waals surface area contributed by atoms with Crippen LogP contribution in [0.25, 0.3) is 11.1 Å². The lowest BCUT2D eigenvalue weighted by molar-refractivity contribution is 0.183. The average Bonchev–Trinajstić information content (AvgIpc) is 2.76. The van der Waals surface area contributed by atoms with E-state index in [1.165, 1.54) is 46.8 Å². The summed E-state index contributed by atoms with van der Waals surface area (Å²) < 4.78 is 1.25. The van der Waals surface area contributed by atoms with E-state index in [9.17, 15) is 0 Å². The van der Waals surface area contributed by atoms with Crippen molar-refractivity contribution in [2.75, 3.05) is 0 Å². The van der Waals surface area contributed by atoms with Crippen LogP contribution in [0.1, 0.15) is 49.3 Å². The molecule has 2 unspecified atom stereocenters. The summed E-state index contributed by atoms with van der Waals surface area (Å²) in [6, 6.07) is 14.3. The molecule has 0 radical (unpaired) electrons. The molecule has 0 amide bonds. The van der Waals surface area contributed by atoms with Crippen LogP contribution >= 0.6 is 15.9 Å². The second-order valence-corrected chi connectivity index (χ2v) is 8.73. The SMILES string of the molecule is CCc1ccc2c(c1)[C@@]13CCC14CCC43c1cc(Br)ccc1-2. The molecule has 2 aromatic rings. The molecule has 0 N–H and O–H groups in total. The van der Waals surface area contributed by atoms with Crippen molar-refractivity contribution >= 4 is 15.9 Å². The van der Waals surface area contributed by atoms with Gasteiger partial charge in [0.15, 0.2) is 0 Å². The van der Waals surface area contributed by atoms with Crippen molar-refractivity contribution in [2.45, 2.75) is 49.9 Å². The van der Waals surface area contributed by atoms with Crippen molar-refractivity contribution in [3.63, 3.8) is 0 Å². The smallest absolute Gasteiger partial charge is 0.0178 e. The van der Waals surface area contributed by atoms with Gasteiger partial charge in [0.05, 0.1) is 0 Å². The summed E-state index contributed by atoms with van der Waals surface area (Å²) in [4.78, 5) is 0. The lowest BCUT2D eigenvalue weighted by Gasteiger charge is -2.37. The van der Waals surface area contributed by atoms with E-state index in [0.717, 1.165) is 6.42 Å². The fraction of sp³-hybridized carbons (Fsp3) is 0.429. The molecule has 22 heavy (non-hydrogen) atoms. The number of halogens is 1. The van der Waals surface area contributed by atoms with Crippen molar-refractivity contribution in [1.29, 1.82) is 0 Å². The fourth-order valence-corrected chi connectivity index (χ4v) is 7.29. The first kappa shape index (κ1) is 12.4. The molecular weight excluding hydrogens is 332 g/mol. The molecular formula is C21H19Br. The molecule has 0 saturated heterocycles. The molecule has 2 aromatic carbocycles. The maximum absolute atomic E-state index is 3.72. The summed E-state index contributed by atoms with van der Waals surface area (Å²) in [6.45, 7) is 2.28. The molecule has 0 aromatic heterocycles. The van der Waals surface area contributed by atoms with Gasteiger partial charge in [0.1, 0.15) is 0 Å². The van der Waals surface area contributed by atoms with Crippen LogP contribution in [0.3, 0.4) is 0 Å². The van der Waals surface area contributed by atoms with E-state index in [1.807, 2.05) is 0 Å². The van der Waals surface area contributed by atoms with Crippen LogP contribution in [-0.4, -0.2) is 0 Å². The van der Waals surface area contributed by atoms with Crippen LogP contribution in [0.4, 0.5) is 0 Å². The van der Waals surface area contributed by atoms with Crippen LogP contribution < -0.4 is 0 Å². The van der Waals surface area contributed by atoms with Crippen molar-refractivity contribution in [3.05, 3.63) is 57.6 Å². The van der Waals surface area contributed by atoms with Crippen molar-refractivity contribution in [1.82, 2.24) is 0 Å². The number of fused-ring (bicyclic) bond motifs is 3. The first-order valence-corrected chi connectivity index (χ1v) is 9.43. The Morgan fingerprint density at radius 1 is 0.864 bits per heavy atom. The Morgan fingerprint density at radius 2 is 1.50 bits per heavy atom. The average molecular weight is 351 g/mol. The van der Waals surface area contributed by atoms with Crippen molar-refractivity contribution in [2.24, 2.45) is 5.41 Å². The zero-order valence-electron chi connectivity index (χ0n) is 12.9. The fourth-order valence-electron chi connectivity index (χ4n) is 6.93.